The molecule has 3 heterocycles. The predicted molar refractivity (Wildman–Crippen MR) is 135 cm³/mol. The number of morpholine rings is 1. The van der Waals surface area contributed by atoms with E-state index in [0.29, 0.717) is 34.2 Å². The summed E-state index contributed by atoms with van der Waals surface area (Å²) in [6, 6.07) is 8.60. The minimum atomic E-state index is -0.366. The lowest BCUT2D eigenvalue weighted by atomic mass is 10.2. The van der Waals surface area contributed by atoms with E-state index < -0.39 is 0 Å². The van der Waals surface area contributed by atoms with Crippen LogP contribution >= 0.6 is 11.6 Å². The van der Waals surface area contributed by atoms with Gasteiger partial charge in [0.25, 0.3) is 5.56 Å². The smallest absolute Gasteiger partial charge is 0.263 e. The van der Waals surface area contributed by atoms with E-state index in [9.17, 15) is 9.59 Å². The maximum absolute atomic E-state index is 13.5. The maximum Gasteiger partial charge on any atom is 0.263 e. The van der Waals surface area contributed by atoms with Crippen LogP contribution in [0, 0.1) is 0 Å². The molecule has 186 valence electrons. The summed E-state index contributed by atoms with van der Waals surface area (Å²) in [5.74, 6) is 0.539. The number of fused-ring (bicyclic) bond motifs is 1. The topological polar surface area (TPSA) is 98.6 Å². The molecule has 4 rings (SSSR count). The van der Waals surface area contributed by atoms with Crippen molar-refractivity contribution in [3.8, 4) is 17.1 Å². The van der Waals surface area contributed by atoms with Crippen LogP contribution in [-0.2, 0) is 16.1 Å². The first-order chi connectivity index (χ1) is 16.9. The van der Waals surface area contributed by atoms with Gasteiger partial charge in [0.1, 0.15) is 18.1 Å². The van der Waals surface area contributed by atoms with E-state index in [0.717, 1.165) is 39.3 Å². The van der Waals surface area contributed by atoms with Gasteiger partial charge in [-0.2, -0.15) is 0 Å². The molecule has 0 aliphatic carbocycles. The van der Waals surface area contributed by atoms with Gasteiger partial charge in [0.15, 0.2) is 5.65 Å². The number of hydrogen-bond acceptors (Lipinski definition) is 7. The molecule has 35 heavy (non-hydrogen) atoms. The Morgan fingerprint density at radius 1 is 1.26 bits per heavy atom. The fourth-order valence-electron chi connectivity index (χ4n) is 3.97. The minimum absolute atomic E-state index is 0.0552. The monoisotopic (exact) mass is 499 g/mol. The van der Waals surface area contributed by atoms with Gasteiger partial charge < -0.3 is 14.8 Å². The quantitative estimate of drug-likeness (QED) is 0.452. The number of halogens is 1. The summed E-state index contributed by atoms with van der Waals surface area (Å²) < 4.78 is 12.6. The first-order valence-electron chi connectivity index (χ1n) is 11.8. The van der Waals surface area contributed by atoms with Gasteiger partial charge >= 0.3 is 0 Å². The van der Waals surface area contributed by atoms with E-state index in [1.165, 1.54) is 4.57 Å². The summed E-state index contributed by atoms with van der Waals surface area (Å²) in [4.78, 5) is 37.4. The molecule has 0 atom stereocenters. The molecule has 1 aliphatic rings. The zero-order valence-electron chi connectivity index (χ0n) is 20.0. The number of amides is 1. The lowest BCUT2D eigenvalue weighted by Gasteiger charge is -2.26. The molecule has 1 fully saturated rings. The number of nitrogens with one attached hydrogen (secondary N) is 1. The second-order valence-corrected chi connectivity index (χ2v) is 9.19. The maximum atomic E-state index is 13.5. The Hall–Kier alpha value is -3.01. The summed E-state index contributed by atoms with van der Waals surface area (Å²) in [6.45, 7) is 8.38. The number of rotatable bonds is 9. The minimum Gasteiger partial charge on any atom is -0.492 e. The first kappa shape index (κ1) is 25.1. The van der Waals surface area contributed by atoms with E-state index in [1.54, 1.807) is 36.5 Å². The summed E-state index contributed by atoms with van der Waals surface area (Å²) in [6.07, 6.45) is 2.42. The number of carbonyl (C=O) groups is 1. The third kappa shape index (κ3) is 6.56. The molecule has 1 aromatic carbocycles. The lowest BCUT2D eigenvalue weighted by molar-refractivity contribution is -0.122. The van der Waals surface area contributed by atoms with Gasteiger partial charge in [0.05, 0.1) is 31.4 Å². The lowest BCUT2D eigenvalue weighted by Crippen LogP contribution is -2.37. The molecule has 0 saturated carbocycles. The standard InChI is InChI=1S/C25H30ClN5O4/c1-17(2)28-22(32)16-31-24(18-5-3-6-19(26)13-18)29-23-21(25(31)33)14-20(15-27-23)35-10-4-7-30-8-11-34-12-9-30/h3,5-6,13-15,17H,4,7-12,16H2,1-2H3,(H,28,32). The number of pyridine rings is 1. The molecule has 9 nitrogen and oxygen atoms in total. The number of nitrogens with zero attached hydrogens (tertiary/aromatic N) is 4. The Balaban J connectivity index is 1.60. The van der Waals surface area contributed by atoms with E-state index in [-0.39, 0.29) is 29.7 Å². The summed E-state index contributed by atoms with van der Waals surface area (Å²) in [7, 11) is 0. The molecule has 10 heteroatoms. The van der Waals surface area contributed by atoms with Gasteiger partial charge in [-0.1, -0.05) is 23.7 Å². The molecule has 0 radical (unpaired) electrons. The van der Waals surface area contributed by atoms with Crippen LogP contribution in [0.2, 0.25) is 5.02 Å². The fourth-order valence-corrected chi connectivity index (χ4v) is 4.17. The third-order valence-corrected chi connectivity index (χ3v) is 5.85. The van der Waals surface area contributed by atoms with E-state index in [2.05, 4.69) is 20.2 Å². The van der Waals surface area contributed by atoms with Crippen molar-refractivity contribution in [2.45, 2.75) is 32.9 Å². The third-order valence-electron chi connectivity index (χ3n) is 5.61. The molecule has 1 aliphatic heterocycles. The highest BCUT2D eigenvalue weighted by atomic mass is 35.5. The predicted octanol–water partition coefficient (Wildman–Crippen LogP) is 2.74. The van der Waals surface area contributed by atoms with Crippen LogP contribution in [0.3, 0.4) is 0 Å². The van der Waals surface area contributed by atoms with Crippen molar-refractivity contribution in [1.29, 1.82) is 0 Å². The normalized spacial score (nSPS) is 14.4. The second-order valence-electron chi connectivity index (χ2n) is 8.76. The molecular formula is C25H30ClN5O4. The average Bonchev–Trinajstić information content (AvgIpc) is 2.84. The van der Waals surface area contributed by atoms with Crippen molar-refractivity contribution < 1.29 is 14.3 Å². The van der Waals surface area contributed by atoms with E-state index in [4.69, 9.17) is 21.1 Å². The van der Waals surface area contributed by atoms with Crippen LogP contribution in [0.15, 0.2) is 41.3 Å². The highest BCUT2D eigenvalue weighted by Gasteiger charge is 2.18. The molecule has 1 saturated heterocycles. The van der Waals surface area contributed by atoms with Crippen molar-refractivity contribution in [2.75, 3.05) is 39.5 Å². The molecule has 0 bridgehead atoms. The molecule has 1 amide bonds. The number of hydrogen-bond donors (Lipinski definition) is 1. The van der Waals surface area contributed by atoms with Crippen LogP contribution in [0.25, 0.3) is 22.4 Å². The number of ether oxygens (including phenoxy) is 2. The van der Waals surface area contributed by atoms with Gasteiger partial charge in [-0.05, 0) is 38.5 Å². The Morgan fingerprint density at radius 3 is 2.80 bits per heavy atom. The Labute approximate surface area is 209 Å². The van der Waals surface area contributed by atoms with Crippen molar-refractivity contribution in [3.05, 3.63) is 51.9 Å². The summed E-state index contributed by atoms with van der Waals surface area (Å²) >= 11 is 6.17. The van der Waals surface area contributed by atoms with Crippen LogP contribution in [0.1, 0.15) is 20.3 Å². The molecular weight excluding hydrogens is 470 g/mol. The van der Waals surface area contributed by atoms with Crippen molar-refractivity contribution in [1.82, 2.24) is 24.8 Å². The first-order valence-corrected chi connectivity index (χ1v) is 12.2. The molecule has 3 aromatic rings. The Bertz CT molecular complexity index is 1240. The number of benzene rings is 1. The van der Waals surface area contributed by atoms with E-state index >= 15 is 0 Å². The fraction of sp³-hybridized carbons (Fsp3) is 0.440. The largest absolute Gasteiger partial charge is 0.492 e. The molecule has 1 N–H and O–H groups in total. The van der Waals surface area contributed by atoms with Crippen molar-refractivity contribution in [2.24, 2.45) is 0 Å². The van der Waals surface area contributed by atoms with Gasteiger partial charge in [0.2, 0.25) is 5.91 Å². The second kappa shape index (κ2) is 11.6. The van der Waals surface area contributed by atoms with Crippen molar-refractivity contribution >= 4 is 28.5 Å². The zero-order valence-corrected chi connectivity index (χ0v) is 20.8. The number of carbonyl (C=O) groups excluding carboxylic acids is 1. The van der Waals surface area contributed by atoms with Crippen LogP contribution in [-0.4, -0.2) is 70.8 Å². The van der Waals surface area contributed by atoms with Gasteiger partial charge in [-0.25, -0.2) is 9.97 Å². The van der Waals surface area contributed by atoms with Gasteiger partial charge in [-0.15, -0.1) is 0 Å². The zero-order chi connectivity index (χ0) is 24.8. The highest BCUT2D eigenvalue weighted by molar-refractivity contribution is 6.30. The summed E-state index contributed by atoms with van der Waals surface area (Å²) in [5.41, 5.74) is 0.542. The summed E-state index contributed by atoms with van der Waals surface area (Å²) in [5, 5.41) is 3.62. The Kier molecular flexibility index (Phi) is 8.33. The molecule has 0 spiro atoms. The van der Waals surface area contributed by atoms with E-state index in [1.807, 2.05) is 13.8 Å². The van der Waals surface area contributed by atoms with Crippen molar-refractivity contribution in [3.63, 3.8) is 0 Å². The van der Waals surface area contributed by atoms with Crippen LogP contribution in [0.4, 0.5) is 0 Å². The number of aromatic nitrogens is 3. The van der Waals surface area contributed by atoms with Gasteiger partial charge in [0, 0.05) is 36.3 Å². The molecule has 2 aromatic heterocycles. The van der Waals surface area contributed by atoms with Gasteiger partial charge in [-0.3, -0.25) is 19.1 Å². The molecule has 0 unspecified atom stereocenters. The highest BCUT2D eigenvalue weighted by Crippen LogP contribution is 2.23. The van der Waals surface area contributed by atoms with Crippen LogP contribution < -0.4 is 15.6 Å². The SMILES string of the molecule is CC(C)NC(=O)Cn1c(-c2cccc(Cl)c2)nc2ncc(OCCCN3CCOCC3)cc2c1=O. The Morgan fingerprint density at radius 2 is 2.06 bits per heavy atom. The van der Waals surface area contributed by atoms with Crippen LogP contribution in [0.5, 0.6) is 5.75 Å². The average molecular weight is 500 g/mol.